The normalized spacial score (nSPS) is 11.7. The zero-order valence-electron chi connectivity index (χ0n) is 17.4. The molecule has 0 spiro atoms. The van der Waals surface area contributed by atoms with Gasteiger partial charge in [0.1, 0.15) is 11.9 Å². The molecule has 7 heteroatoms. The van der Waals surface area contributed by atoms with Crippen molar-refractivity contribution in [3.8, 4) is 0 Å². The average molecular weight is 406 g/mol. The molecule has 1 atom stereocenters. The Labute approximate surface area is 176 Å². The number of hydrogen-bond donors (Lipinski definition) is 3. The van der Waals surface area contributed by atoms with Gasteiger partial charge in [-0.15, -0.1) is 0 Å². The maximum absolute atomic E-state index is 12.8. The van der Waals surface area contributed by atoms with E-state index in [2.05, 4.69) is 25.5 Å². The summed E-state index contributed by atoms with van der Waals surface area (Å²) in [5, 5.41) is 8.39. The summed E-state index contributed by atoms with van der Waals surface area (Å²) in [6.07, 6.45) is 3.71. The summed E-state index contributed by atoms with van der Waals surface area (Å²) in [7, 11) is 0. The number of anilines is 2. The smallest absolute Gasteiger partial charge is 0.319 e. The molecule has 0 fully saturated rings. The number of benzene rings is 2. The maximum Gasteiger partial charge on any atom is 0.319 e. The molecule has 0 aliphatic heterocycles. The Morgan fingerprint density at radius 3 is 2.23 bits per heavy atom. The van der Waals surface area contributed by atoms with Crippen LogP contribution in [0.1, 0.15) is 25.2 Å². The van der Waals surface area contributed by atoms with E-state index >= 15 is 0 Å². The number of hydrogen-bond acceptors (Lipinski definition) is 3. The van der Waals surface area contributed by atoms with E-state index in [4.69, 9.17) is 0 Å². The Morgan fingerprint density at radius 1 is 0.967 bits per heavy atom. The second-order valence-corrected chi connectivity index (χ2v) is 7.47. The summed E-state index contributed by atoms with van der Waals surface area (Å²) >= 11 is 0. The Kier molecular flexibility index (Phi) is 6.85. The number of aryl methyl sites for hydroxylation is 1. The van der Waals surface area contributed by atoms with Gasteiger partial charge >= 0.3 is 6.03 Å². The lowest BCUT2D eigenvalue weighted by molar-refractivity contribution is -0.118. The summed E-state index contributed by atoms with van der Waals surface area (Å²) in [6, 6.07) is 15.7. The average Bonchev–Trinajstić information content (AvgIpc) is 3.12. The Bertz CT molecular complexity index is 980. The molecule has 0 radical (unpaired) electrons. The second kappa shape index (κ2) is 9.73. The van der Waals surface area contributed by atoms with Crippen LogP contribution in [0.3, 0.4) is 0 Å². The van der Waals surface area contributed by atoms with Crippen molar-refractivity contribution in [2.24, 2.45) is 5.92 Å². The van der Waals surface area contributed by atoms with E-state index in [1.54, 1.807) is 18.3 Å². The summed E-state index contributed by atoms with van der Waals surface area (Å²) < 4.78 is 2.05. The van der Waals surface area contributed by atoms with Gasteiger partial charge in [-0.3, -0.25) is 4.79 Å². The van der Waals surface area contributed by atoms with Gasteiger partial charge in [0.05, 0.1) is 0 Å². The Morgan fingerprint density at radius 2 is 1.63 bits per heavy atom. The monoisotopic (exact) mass is 405 g/mol. The van der Waals surface area contributed by atoms with Crippen molar-refractivity contribution in [1.29, 1.82) is 0 Å². The lowest BCUT2D eigenvalue weighted by Gasteiger charge is -2.22. The van der Waals surface area contributed by atoms with Crippen LogP contribution >= 0.6 is 0 Å². The van der Waals surface area contributed by atoms with Crippen molar-refractivity contribution >= 4 is 23.3 Å². The van der Waals surface area contributed by atoms with Crippen molar-refractivity contribution < 1.29 is 9.59 Å². The number of para-hydroxylation sites is 1. The first-order valence-corrected chi connectivity index (χ1v) is 9.92. The molecule has 1 unspecified atom stereocenters. The van der Waals surface area contributed by atoms with Crippen LogP contribution < -0.4 is 16.0 Å². The molecule has 156 valence electrons. The quantitative estimate of drug-likeness (QED) is 0.555. The number of rotatable bonds is 7. The molecule has 0 saturated heterocycles. The molecule has 0 aliphatic rings. The van der Waals surface area contributed by atoms with Crippen LogP contribution in [0.15, 0.2) is 67.0 Å². The molecule has 1 heterocycles. The van der Waals surface area contributed by atoms with Crippen LogP contribution in [-0.4, -0.2) is 27.5 Å². The van der Waals surface area contributed by atoms with Gasteiger partial charge in [-0.1, -0.05) is 44.2 Å². The molecule has 3 N–H and O–H groups in total. The minimum absolute atomic E-state index is 0.0741. The van der Waals surface area contributed by atoms with E-state index in [9.17, 15) is 9.59 Å². The van der Waals surface area contributed by atoms with Gasteiger partial charge < -0.3 is 20.5 Å². The Hall–Kier alpha value is -3.61. The molecule has 0 aliphatic carbocycles. The predicted octanol–water partition coefficient (Wildman–Crippen LogP) is 4.02. The molecule has 3 amide bonds. The van der Waals surface area contributed by atoms with Crippen LogP contribution in [0, 0.1) is 12.8 Å². The highest BCUT2D eigenvalue weighted by atomic mass is 16.2. The molecule has 1 aromatic heterocycles. The summed E-state index contributed by atoms with van der Waals surface area (Å²) in [6.45, 7) is 6.46. The standard InChI is InChI=1S/C23H27N5O2/c1-16(2)21(27-23(30)26-19-7-5-4-6-8-19)22(29)25-20-11-9-18(10-12-20)15-28-14-13-24-17(28)3/h4-14,16,21H,15H2,1-3H3,(H,25,29)(H2,26,27,30). The molecule has 2 aromatic carbocycles. The number of aromatic nitrogens is 2. The van der Waals surface area contributed by atoms with E-state index in [1.807, 2.05) is 69.4 Å². The molecule has 0 bridgehead atoms. The second-order valence-electron chi connectivity index (χ2n) is 7.47. The highest BCUT2D eigenvalue weighted by Gasteiger charge is 2.24. The van der Waals surface area contributed by atoms with Crippen LogP contribution in [0.4, 0.5) is 16.2 Å². The zero-order valence-corrected chi connectivity index (χ0v) is 17.4. The van der Waals surface area contributed by atoms with Gasteiger partial charge in [-0.05, 0) is 42.7 Å². The number of imidazole rings is 1. The van der Waals surface area contributed by atoms with Crippen molar-refractivity contribution in [2.45, 2.75) is 33.4 Å². The van der Waals surface area contributed by atoms with Crippen LogP contribution in [-0.2, 0) is 11.3 Å². The molecule has 30 heavy (non-hydrogen) atoms. The number of amides is 3. The maximum atomic E-state index is 12.8. The molecular formula is C23H27N5O2. The van der Waals surface area contributed by atoms with Gasteiger partial charge in [-0.2, -0.15) is 0 Å². The van der Waals surface area contributed by atoms with E-state index in [0.29, 0.717) is 11.4 Å². The third-order valence-electron chi connectivity index (χ3n) is 4.77. The highest BCUT2D eigenvalue weighted by molar-refractivity contribution is 5.99. The fraction of sp³-hybridized carbons (Fsp3) is 0.261. The first kappa shape index (κ1) is 21.1. The van der Waals surface area contributed by atoms with Gasteiger partial charge in [0.2, 0.25) is 5.91 Å². The van der Waals surface area contributed by atoms with Gasteiger partial charge in [0, 0.05) is 30.3 Å². The summed E-state index contributed by atoms with van der Waals surface area (Å²) in [4.78, 5) is 29.3. The van der Waals surface area contributed by atoms with E-state index in [-0.39, 0.29) is 11.8 Å². The van der Waals surface area contributed by atoms with Crippen molar-refractivity contribution in [3.63, 3.8) is 0 Å². The lowest BCUT2D eigenvalue weighted by atomic mass is 10.0. The topological polar surface area (TPSA) is 88.1 Å². The zero-order chi connectivity index (χ0) is 21.5. The molecule has 3 aromatic rings. The van der Waals surface area contributed by atoms with Crippen molar-refractivity contribution in [2.75, 3.05) is 10.6 Å². The highest BCUT2D eigenvalue weighted by Crippen LogP contribution is 2.14. The van der Waals surface area contributed by atoms with Gasteiger partial charge in [-0.25, -0.2) is 9.78 Å². The third kappa shape index (κ3) is 5.70. The minimum Gasteiger partial charge on any atom is -0.331 e. The van der Waals surface area contributed by atoms with Crippen molar-refractivity contribution in [1.82, 2.24) is 14.9 Å². The number of carbonyl (C=O) groups is 2. The van der Waals surface area contributed by atoms with Crippen molar-refractivity contribution in [3.05, 3.63) is 78.4 Å². The minimum atomic E-state index is -0.665. The van der Waals surface area contributed by atoms with Gasteiger partial charge in [0.15, 0.2) is 0 Å². The SMILES string of the molecule is Cc1nccn1Cc1ccc(NC(=O)C(NC(=O)Nc2ccccc2)C(C)C)cc1. The molecule has 0 saturated carbocycles. The molecule has 3 rings (SSSR count). The Balaban J connectivity index is 1.59. The first-order chi connectivity index (χ1) is 14.4. The van der Waals surface area contributed by atoms with E-state index in [0.717, 1.165) is 17.9 Å². The number of nitrogens with one attached hydrogen (secondary N) is 3. The van der Waals surface area contributed by atoms with E-state index < -0.39 is 12.1 Å². The number of urea groups is 1. The van der Waals surface area contributed by atoms with Gasteiger partial charge in [0.25, 0.3) is 0 Å². The van der Waals surface area contributed by atoms with Crippen LogP contribution in [0.5, 0.6) is 0 Å². The fourth-order valence-electron chi connectivity index (χ4n) is 3.05. The fourth-order valence-corrected chi connectivity index (χ4v) is 3.05. The largest absolute Gasteiger partial charge is 0.331 e. The summed E-state index contributed by atoms with van der Waals surface area (Å²) in [5.74, 6) is 0.619. The number of carbonyl (C=O) groups excluding carboxylic acids is 2. The van der Waals surface area contributed by atoms with E-state index in [1.165, 1.54) is 0 Å². The first-order valence-electron chi connectivity index (χ1n) is 9.92. The third-order valence-corrected chi connectivity index (χ3v) is 4.77. The summed E-state index contributed by atoms with van der Waals surface area (Å²) in [5.41, 5.74) is 2.46. The van der Waals surface area contributed by atoms with Crippen LogP contribution in [0.25, 0.3) is 0 Å². The predicted molar refractivity (Wildman–Crippen MR) is 118 cm³/mol. The lowest BCUT2D eigenvalue weighted by Crippen LogP contribution is -2.48. The molecule has 7 nitrogen and oxygen atoms in total. The molecular weight excluding hydrogens is 378 g/mol. The number of nitrogens with zero attached hydrogens (tertiary/aromatic N) is 2. The van der Waals surface area contributed by atoms with Crippen LogP contribution in [0.2, 0.25) is 0 Å².